The number of carbonyl (C=O) groups excluding carboxylic acids is 1. The first kappa shape index (κ1) is 9.52. The Bertz CT molecular complexity index is 240. The van der Waals surface area contributed by atoms with Crippen molar-refractivity contribution in [3.8, 4) is 0 Å². The standard InChI is InChI=1S/C10H17N3O/c14-10-11-4-7-13(10)9-8-12-5-2-1-3-6-12/h1-2H,3-9H2,(H,11,14). The smallest absolute Gasteiger partial charge is 0.317 e. The summed E-state index contributed by atoms with van der Waals surface area (Å²) in [5.41, 5.74) is 0. The van der Waals surface area contributed by atoms with E-state index in [-0.39, 0.29) is 6.03 Å². The monoisotopic (exact) mass is 195 g/mol. The van der Waals surface area contributed by atoms with Crippen LogP contribution in [0.25, 0.3) is 0 Å². The molecule has 14 heavy (non-hydrogen) atoms. The Morgan fingerprint density at radius 3 is 2.86 bits per heavy atom. The van der Waals surface area contributed by atoms with Crippen LogP contribution in [-0.4, -0.2) is 55.1 Å². The molecule has 1 fully saturated rings. The molecule has 2 aliphatic rings. The number of carbonyl (C=O) groups is 1. The van der Waals surface area contributed by atoms with E-state index in [2.05, 4.69) is 22.4 Å². The van der Waals surface area contributed by atoms with E-state index in [9.17, 15) is 4.79 Å². The van der Waals surface area contributed by atoms with Crippen molar-refractivity contribution in [2.24, 2.45) is 0 Å². The van der Waals surface area contributed by atoms with Gasteiger partial charge in [-0.05, 0) is 6.42 Å². The van der Waals surface area contributed by atoms with E-state index in [1.54, 1.807) is 0 Å². The van der Waals surface area contributed by atoms with Crippen LogP contribution in [0.15, 0.2) is 12.2 Å². The fourth-order valence-electron chi connectivity index (χ4n) is 1.88. The van der Waals surface area contributed by atoms with E-state index < -0.39 is 0 Å². The summed E-state index contributed by atoms with van der Waals surface area (Å²) in [6.07, 6.45) is 5.57. The van der Waals surface area contributed by atoms with Gasteiger partial charge >= 0.3 is 6.03 Å². The molecule has 2 amide bonds. The Morgan fingerprint density at radius 2 is 2.21 bits per heavy atom. The molecule has 2 aliphatic heterocycles. The molecule has 1 saturated heterocycles. The molecule has 0 aromatic heterocycles. The van der Waals surface area contributed by atoms with Crippen LogP contribution < -0.4 is 5.32 Å². The number of nitrogens with zero attached hydrogens (tertiary/aromatic N) is 2. The minimum absolute atomic E-state index is 0.0950. The van der Waals surface area contributed by atoms with Crippen LogP contribution in [0, 0.1) is 0 Å². The van der Waals surface area contributed by atoms with Crippen molar-refractivity contribution in [3.05, 3.63) is 12.2 Å². The van der Waals surface area contributed by atoms with E-state index in [0.29, 0.717) is 0 Å². The Labute approximate surface area is 84.6 Å². The lowest BCUT2D eigenvalue weighted by atomic mass is 10.2. The molecule has 2 rings (SSSR count). The molecule has 0 aliphatic carbocycles. The Morgan fingerprint density at radius 1 is 1.29 bits per heavy atom. The van der Waals surface area contributed by atoms with Crippen molar-refractivity contribution < 1.29 is 4.79 Å². The Kier molecular flexibility index (Phi) is 3.03. The predicted octanol–water partition coefficient (Wildman–Crippen LogP) is 0.273. The summed E-state index contributed by atoms with van der Waals surface area (Å²) in [7, 11) is 0. The molecule has 1 N–H and O–H groups in total. The van der Waals surface area contributed by atoms with Crippen LogP contribution in [0.4, 0.5) is 4.79 Å². The molecule has 2 heterocycles. The highest BCUT2D eigenvalue weighted by Crippen LogP contribution is 2.02. The lowest BCUT2D eigenvalue weighted by Gasteiger charge is -2.25. The molecule has 0 bridgehead atoms. The molecular weight excluding hydrogens is 178 g/mol. The van der Waals surface area contributed by atoms with Crippen LogP contribution in [-0.2, 0) is 0 Å². The number of hydrogen-bond acceptors (Lipinski definition) is 2. The quantitative estimate of drug-likeness (QED) is 0.656. The number of rotatable bonds is 3. The highest BCUT2D eigenvalue weighted by atomic mass is 16.2. The average Bonchev–Trinajstić information content (AvgIpc) is 2.63. The zero-order valence-corrected chi connectivity index (χ0v) is 8.41. The van der Waals surface area contributed by atoms with E-state index in [1.807, 2.05) is 4.90 Å². The summed E-state index contributed by atoms with van der Waals surface area (Å²) >= 11 is 0. The molecule has 0 radical (unpaired) electrons. The van der Waals surface area contributed by atoms with Gasteiger partial charge in [-0.15, -0.1) is 0 Å². The van der Waals surface area contributed by atoms with Gasteiger partial charge in [-0.1, -0.05) is 12.2 Å². The van der Waals surface area contributed by atoms with Crippen molar-refractivity contribution in [1.82, 2.24) is 15.1 Å². The lowest BCUT2D eigenvalue weighted by molar-refractivity contribution is 0.204. The van der Waals surface area contributed by atoms with E-state index in [1.165, 1.54) is 0 Å². The molecule has 0 atom stereocenters. The Balaban J connectivity index is 1.71. The number of amides is 2. The van der Waals surface area contributed by atoms with Crippen LogP contribution in [0.2, 0.25) is 0 Å². The average molecular weight is 195 g/mol. The molecule has 4 heteroatoms. The summed E-state index contributed by atoms with van der Waals surface area (Å²) in [6, 6.07) is 0.0950. The van der Waals surface area contributed by atoms with Gasteiger partial charge < -0.3 is 10.2 Å². The number of urea groups is 1. The van der Waals surface area contributed by atoms with E-state index >= 15 is 0 Å². The summed E-state index contributed by atoms with van der Waals surface area (Å²) in [4.78, 5) is 15.5. The SMILES string of the molecule is O=C1NCCN1CCN1CC=CCC1. The predicted molar refractivity (Wildman–Crippen MR) is 55.2 cm³/mol. The fourth-order valence-corrected chi connectivity index (χ4v) is 1.88. The largest absolute Gasteiger partial charge is 0.336 e. The van der Waals surface area contributed by atoms with Gasteiger partial charge in [0.1, 0.15) is 0 Å². The molecule has 0 aromatic carbocycles. The lowest BCUT2D eigenvalue weighted by Crippen LogP contribution is -2.38. The summed E-state index contributed by atoms with van der Waals surface area (Å²) in [5, 5.41) is 2.81. The van der Waals surface area contributed by atoms with Crippen molar-refractivity contribution in [3.63, 3.8) is 0 Å². The van der Waals surface area contributed by atoms with E-state index in [0.717, 1.165) is 45.7 Å². The van der Waals surface area contributed by atoms with Gasteiger partial charge in [0, 0.05) is 39.3 Å². The van der Waals surface area contributed by atoms with E-state index in [4.69, 9.17) is 0 Å². The third-order valence-corrected chi connectivity index (χ3v) is 2.77. The minimum atomic E-state index is 0.0950. The minimum Gasteiger partial charge on any atom is -0.336 e. The normalized spacial score (nSPS) is 22.9. The van der Waals surface area contributed by atoms with Crippen LogP contribution in [0.5, 0.6) is 0 Å². The first-order valence-corrected chi connectivity index (χ1v) is 5.26. The van der Waals surface area contributed by atoms with Crippen molar-refractivity contribution in [1.29, 1.82) is 0 Å². The molecule has 4 nitrogen and oxygen atoms in total. The van der Waals surface area contributed by atoms with Gasteiger partial charge in [-0.3, -0.25) is 4.90 Å². The third-order valence-electron chi connectivity index (χ3n) is 2.77. The fraction of sp³-hybridized carbons (Fsp3) is 0.700. The maximum Gasteiger partial charge on any atom is 0.317 e. The topological polar surface area (TPSA) is 35.6 Å². The van der Waals surface area contributed by atoms with Gasteiger partial charge in [0.25, 0.3) is 0 Å². The van der Waals surface area contributed by atoms with Crippen LogP contribution in [0.3, 0.4) is 0 Å². The second kappa shape index (κ2) is 4.46. The first-order chi connectivity index (χ1) is 6.86. The maximum absolute atomic E-state index is 11.2. The highest BCUT2D eigenvalue weighted by molar-refractivity contribution is 5.76. The van der Waals surface area contributed by atoms with Gasteiger partial charge in [0.2, 0.25) is 0 Å². The number of hydrogen-bond donors (Lipinski definition) is 1. The third kappa shape index (κ3) is 2.26. The molecule has 0 unspecified atom stereocenters. The second-order valence-electron chi connectivity index (χ2n) is 3.78. The molecular formula is C10H17N3O. The zero-order valence-electron chi connectivity index (χ0n) is 8.41. The van der Waals surface area contributed by atoms with Crippen molar-refractivity contribution >= 4 is 6.03 Å². The van der Waals surface area contributed by atoms with Gasteiger partial charge in [0.05, 0.1) is 0 Å². The van der Waals surface area contributed by atoms with Crippen molar-refractivity contribution in [2.75, 3.05) is 39.3 Å². The summed E-state index contributed by atoms with van der Waals surface area (Å²) in [6.45, 7) is 5.69. The van der Waals surface area contributed by atoms with Gasteiger partial charge in [-0.25, -0.2) is 4.79 Å². The highest BCUT2D eigenvalue weighted by Gasteiger charge is 2.19. The summed E-state index contributed by atoms with van der Waals surface area (Å²) < 4.78 is 0. The zero-order chi connectivity index (χ0) is 9.80. The van der Waals surface area contributed by atoms with Gasteiger partial charge in [0.15, 0.2) is 0 Å². The number of nitrogens with one attached hydrogen (secondary N) is 1. The Hall–Kier alpha value is -1.03. The maximum atomic E-state index is 11.2. The first-order valence-electron chi connectivity index (χ1n) is 5.26. The molecule has 0 aromatic rings. The van der Waals surface area contributed by atoms with Crippen LogP contribution >= 0.6 is 0 Å². The van der Waals surface area contributed by atoms with Gasteiger partial charge in [-0.2, -0.15) is 0 Å². The van der Waals surface area contributed by atoms with Crippen LogP contribution in [0.1, 0.15) is 6.42 Å². The summed E-state index contributed by atoms with van der Waals surface area (Å²) in [5.74, 6) is 0. The molecule has 78 valence electrons. The molecule has 0 saturated carbocycles. The molecule has 0 spiro atoms. The second-order valence-corrected chi connectivity index (χ2v) is 3.78. The van der Waals surface area contributed by atoms with Crippen molar-refractivity contribution in [2.45, 2.75) is 6.42 Å².